The zero-order valence-corrected chi connectivity index (χ0v) is 8.13. The van der Waals surface area contributed by atoms with Crippen molar-refractivity contribution in [3.63, 3.8) is 0 Å². The van der Waals surface area contributed by atoms with E-state index in [0.29, 0.717) is 0 Å². The van der Waals surface area contributed by atoms with Crippen LogP contribution in [-0.2, 0) is 4.79 Å². The first-order valence-corrected chi connectivity index (χ1v) is 4.31. The summed E-state index contributed by atoms with van der Waals surface area (Å²) < 4.78 is 0. The second-order valence-corrected chi connectivity index (χ2v) is 3.35. The Bertz CT molecular complexity index is 309. The van der Waals surface area contributed by atoms with Crippen LogP contribution in [0.5, 0.6) is 0 Å². The molecule has 0 aliphatic carbocycles. The van der Waals surface area contributed by atoms with E-state index in [9.17, 15) is 9.90 Å². The molecule has 2 nitrogen and oxygen atoms in total. The molecule has 0 aromatic heterocycles. The van der Waals surface area contributed by atoms with Crippen molar-refractivity contribution in [3.8, 4) is 0 Å². The van der Waals surface area contributed by atoms with Gasteiger partial charge in [-0.2, -0.15) is 0 Å². The van der Waals surface area contributed by atoms with E-state index in [1.165, 1.54) is 0 Å². The van der Waals surface area contributed by atoms with Gasteiger partial charge in [0.25, 0.3) is 0 Å². The van der Waals surface area contributed by atoms with E-state index >= 15 is 0 Å². The monoisotopic (exact) mass is 177 g/mol. The Morgan fingerprint density at radius 3 is 2.15 bits per heavy atom. The number of carbonyl (C=O) groups is 1. The Labute approximate surface area is 78.2 Å². The molecule has 0 aliphatic rings. The topological polar surface area (TPSA) is 40.1 Å². The molecule has 2 heteroatoms. The van der Waals surface area contributed by atoms with Crippen LogP contribution in [0.4, 0.5) is 0 Å². The molecule has 0 N–H and O–H groups in total. The number of hydrogen-bond acceptors (Lipinski definition) is 2. The molecular weight excluding hydrogens is 164 g/mol. The molecule has 1 unspecified atom stereocenters. The number of carboxylic acid groups (broad SMARTS) is 1. The summed E-state index contributed by atoms with van der Waals surface area (Å²) in [5, 5.41) is 10.7. The van der Waals surface area contributed by atoms with Crippen LogP contribution < -0.4 is 5.11 Å². The summed E-state index contributed by atoms with van der Waals surface area (Å²) in [6.07, 6.45) is 0. The highest BCUT2D eigenvalue weighted by Crippen LogP contribution is 2.22. The average molecular weight is 177 g/mol. The van der Waals surface area contributed by atoms with Gasteiger partial charge in [0.2, 0.25) is 0 Å². The van der Waals surface area contributed by atoms with E-state index in [4.69, 9.17) is 0 Å². The second kappa shape index (κ2) is 3.60. The Kier molecular flexibility index (Phi) is 2.71. The Morgan fingerprint density at radius 2 is 1.77 bits per heavy atom. The molecule has 0 bridgehead atoms. The first kappa shape index (κ1) is 9.78. The van der Waals surface area contributed by atoms with E-state index in [1.54, 1.807) is 6.92 Å². The first-order valence-electron chi connectivity index (χ1n) is 4.31. The Morgan fingerprint density at radius 1 is 1.31 bits per heavy atom. The normalized spacial score (nSPS) is 12.5. The molecule has 0 fully saturated rings. The number of hydrogen-bond donors (Lipinski definition) is 0. The van der Waals surface area contributed by atoms with Gasteiger partial charge in [-0.25, -0.2) is 0 Å². The van der Waals surface area contributed by atoms with Crippen molar-refractivity contribution in [2.75, 3.05) is 0 Å². The summed E-state index contributed by atoms with van der Waals surface area (Å²) in [4.78, 5) is 10.7. The fourth-order valence-electron chi connectivity index (χ4n) is 1.63. The van der Waals surface area contributed by atoms with Gasteiger partial charge < -0.3 is 9.90 Å². The zero-order valence-electron chi connectivity index (χ0n) is 8.13. The van der Waals surface area contributed by atoms with Crippen LogP contribution >= 0.6 is 0 Å². The average Bonchev–Trinajstić information content (AvgIpc) is 2.03. The highest BCUT2D eigenvalue weighted by Gasteiger charge is 2.11. The lowest BCUT2D eigenvalue weighted by molar-refractivity contribution is -0.307. The summed E-state index contributed by atoms with van der Waals surface area (Å²) in [5.41, 5.74) is 2.90. The molecule has 0 radical (unpaired) electrons. The summed E-state index contributed by atoms with van der Waals surface area (Å²) in [7, 11) is 0. The van der Waals surface area contributed by atoms with Crippen LogP contribution in [0.3, 0.4) is 0 Å². The van der Waals surface area contributed by atoms with Gasteiger partial charge in [-0.1, -0.05) is 25.1 Å². The molecule has 1 aromatic rings. The quantitative estimate of drug-likeness (QED) is 0.680. The minimum absolute atomic E-state index is 0.527. The largest absolute Gasteiger partial charge is 0.550 e. The number of carbonyl (C=O) groups excluding carboxylic acids is 1. The lowest BCUT2D eigenvalue weighted by Crippen LogP contribution is -2.28. The van der Waals surface area contributed by atoms with Gasteiger partial charge in [0.1, 0.15) is 0 Å². The minimum atomic E-state index is -1.02. The zero-order chi connectivity index (χ0) is 10.0. The van der Waals surface area contributed by atoms with Gasteiger partial charge in [0.05, 0.1) is 0 Å². The van der Waals surface area contributed by atoms with Crippen molar-refractivity contribution < 1.29 is 9.90 Å². The van der Waals surface area contributed by atoms with Crippen molar-refractivity contribution in [2.24, 2.45) is 0 Å². The molecule has 0 saturated heterocycles. The highest BCUT2D eigenvalue weighted by atomic mass is 16.4. The first-order chi connectivity index (χ1) is 6.04. The van der Waals surface area contributed by atoms with Crippen molar-refractivity contribution in [1.82, 2.24) is 0 Å². The van der Waals surface area contributed by atoms with E-state index in [0.717, 1.165) is 16.7 Å². The SMILES string of the molecule is Cc1cccc(C)c1C(C)C(=O)[O-]. The maximum atomic E-state index is 10.7. The van der Waals surface area contributed by atoms with Crippen molar-refractivity contribution in [3.05, 3.63) is 34.9 Å². The fourth-order valence-corrected chi connectivity index (χ4v) is 1.63. The molecule has 0 spiro atoms. The smallest absolute Gasteiger partial charge is 0.0486 e. The van der Waals surface area contributed by atoms with Gasteiger partial charge >= 0.3 is 0 Å². The van der Waals surface area contributed by atoms with E-state index in [1.807, 2.05) is 32.0 Å². The van der Waals surface area contributed by atoms with Crippen molar-refractivity contribution in [2.45, 2.75) is 26.7 Å². The molecule has 1 rings (SSSR count). The molecule has 0 aliphatic heterocycles. The lowest BCUT2D eigenvalue weighted by Gasteiger charge is -2.17. The standard InChI is InChI=1S/C11H14O2/c1-7-5-4-6-8(2)10(7)9(3)11(12)13/h4-6,9H,1-3H3,(H,12,13)/p-1. The Balaban J connectivity index is 3.20. The number of rotatable bonds is 2. The molecule has 1 atom stereocenters. The summed E-state index contributed by atoms with van der Waals surface area (Å²) in [6, 6.07) is 5.76. The van der Waals surface area contributed by atoms with Gasteiger partial charge in [0.15, 0.2) is 0 Å². The maximum absolute atomic E-state index is 10.7. The van der Waals surface area contributed by atoms with Crippen LogP contribution in [0.15, 0.2) is 18.2 Å². The number of aliphatic carboxylic acids is 1. The summed E-state index contributed by atoms with van der Waals surface area (Å²) >= 11 is 0. The number of aryl methyl sites for hydroxylation is 2. The van der Waals surface area contributed by atoms with E-state index in [-0.39, 0.29) is 0 Å². The third-order valence-electron chi connectivity index (χ3n) is 2.33. The molecule has 70 valence electrons. The fraction of sp³-hybridized carbons (Fsp3) is 0.364. The summed E-state index contributed by atoms with van der Waals surface area (Å²) in [5.74, 6) is -1.54. The second-order valence-electron chi connectivity index (χ2n) is 3.35. The lowest BCUT2D eigenvalue weighted by atomic mass is 9.92. The van der Waals surface area contributed by atoms with Crippen molar-refractivity contribution >= 4 is 5.97 Å². The van der Waals surface area contributed by atoms with Gasteiger partial charge in [-0.05, 0) is 30.5 Å². The van der Waals surface area contributed by atoms with Gasteiger partial charge in [-0.3, -0.25) is 0 Å². The van der Waals surface area contributed by atoms with Crippen LogP contribution in [0.1, 0.15) is 29.5 Å². The van der Waals surface area contributed by atoms with Gasteiger partial charge in [0, 0.05) is 11.9 Å². The van der Waals surface area contributed by atoms with Crippen LogP contribution in [-0.4, -0.2) is 5.97 Å². The predicted molar refractivity (Wildman–Crippen MR) is 49.3 cm³/mol. The maximum Gasteiger partial charge on any atom is 0.0486 e. The summed E-state index contributed by atoms with van der Waals surface area (Å²) in [6.45, 7) is 5.49. The Hall–Kier alpha value is -1.31. The third kappa shape index (κ3) is 1.89. The molecule has 0 amide bonds. The molecular formula is C11H13O2-. The molecule has 13 heavy (non-hydrogen) atoms. The predicted octanol–water partition coefficient (Wildman–Crippen LogP) is 1.16. The highest BCUT2D eigenvalue weighted by molar-refractivity contribution is 5.74. The van der Waals surface area contributed by atoms with Crippen LogP contribution in [0.25, 0.3) is 0 Å². The number of benzene rings is 1. The van der Waals surface area contributed by atoms with Crippen LogP contribution in [0, 0.1) is 13.8 Å². The van der Waals surface area contributed by atoms with E-state index < -0.39 is 11.9 Å². The molecule has 0 heterocycles. The molecule has 0 saturated carbocycles. The minimum Gasteiger partial charge on any atom is -0.550 e. The number of carboxylic acids is 1. The van der Waals surface area contributed by atoms with Gasteiger partial charge in [-0.15, -0.1) is 0 Å². The third-order valence-corrected chi connectivity index (χ3v) is 2.33. The van der Waals surface area contributed by atoms with Crippen molar-refractivity contribution in [1.29, 1.82) is 0 Å². The van der Waals surface area contributed by atoms with Crippen LogP contribution in [0.2, 0.25) is 0 Å². The van der Waals surface area contributed by atoms with E-state index in [2.05, 4.69) is 0 Å². The molecule has 1 aromatic carbocycles.